The van der Waals surface area contributed by atoms with Crippen molar-refractivity contribution in [2.45, 2.75) is 55.6 Å². The Kier molecular flexibility index (Phi) is 7.11. The number of nitrogens with zero attached hydrogens (tertiary/aromatic N) is 3. The summed E-state index contributed by atoms with van der Waals surface area (Å²) >= 11 is 1.24. The molecule has 0 radical (unpaired) electrons. The minimum Gasteiger partial charge on any atom is -0.351 e. The third-order valence-electron chi connectivity index (χ3n) is 6.18. The molecule has 2 aliphatic rings. The van der Waals surface area contributed by atoms with E-state index in [-0.39, 0.29) is 41.5 Å². The first-order chi connectivity index (χ1) is 16.3. The van der Waals surface area contributed by atoms with E-state index in [2.05, 4.69) is 5.32 Å². The monoisotopic (exact) mass is 484 g/mol. The number of hydrogen-bond donors (Lipinski definition) is 1. The third kappa shape index (κ3) is 5.19. The fourth-order valence-corrected chi connectivity index (χ4v) is 5.38. The third-order valence-corrected chi connectivity index (χ3v) is 7.26. The predicted molar refractivity (Wildman–Crippen MR) is 125 cm³/mol. The van der Waals surface area contributed by atoms with Crippen LogP contribution in [-0.2, 0) is 16.1 Å². The van der Waals surface area contributed by atoms with Crippen LogP contribution in [0.5, 0.6) is 0 Å². The van der Waals surface area contributed by atoms with Gasteiger partial charge in [-0.1, -0.05) is 31.4 Å². The van der Waals surface area contributed by atoms with Gasteiger partial charge in [-0.15, -0.1) is 11.8 Å². The molecule has 1 heterocycles. The quantitative estimate of drug-likeness (QED) is 0.481. The van der Waals surface area contributed by atoms with Crippen molar-refractivity contribution in [1.29, 1.82) is 0 Å². The van der Waals surface area contributed by atoms with Gasteiger partial charge >= 0.3 is 0 Å². The molecule has 1 N–H and O–H groups in total. The summed E-state index contributed by atoms with van der Waals surface area (Å²) in [6.45, 7) is 0.0439. The molecule has 2 amide bonds. The van der Waals surface area contributed by atoms with Crippen molar-refractivity contribution in [2.75, 3.05) is 5.75 Å². The second kappa shape index (κ2) is 10.2. The highest BCUT2D eigenvalue weighted by molar-refractivity contribution is 8.00. The Labute approximate surface area is 200 Å². The first kappa shape index (κ1) is 23.7. The van der Waals surface area contributed by atoms with Crippen LogP contribution in [0.4, 0.5) is 11.4 Å². The maximum Gasteiger partial charge on any atom is 0.269 e. The summed E-state index contributed by atoms with van der Waals surface area (Å²) in [6, 6.07) is 9.08. The number of nitro benzene ring substituents is 2. The van der Waals surface area contributed by atoms with Crippen LogP contribution >= 0.6 is 11.8 Å². The van der Waals surface area contributed by atoms with Crippen LogP contribution in [0, 0.1) is 20.2 Å². The molecule has 1 atom stereocenters. The first-order valence-electron chi connectivity index (χ1n) is 11.1. The number of rotatable bonds is 6. The van der Waals surface area contributed by atoms with E-state index in [0.29, 0.717) is 16.0 Å². The molecule has 34 heavy (non-hydrogen) atoms. The molecule has 2 aromatic carbocycles. The van der Waals surface area contributed by atoms with Crippen LogP contribution < -0.4 is 5.32 Å². The summed E-state index contributed by atoms with van der Waals surface area (Å²) < 4.78 is 0. The predicted octanol–water partition coefficient (Wildman–Crippen LogP) is 4.13. The molecule has 1 saturated carbocycles. The topological polar surface area (TPSA) is 136 Å². The van der Waals surface area contributed by atoms with Gasteiger partial charge in [0.25, 0.3) is 11.4 Å². The van der Waals surface area contributed by atoms with Gasteiger partial charge in [0.1, 0.15) is 6.04 Å². The molecule has 0 saturated heterocycles. The van der Waals surface area contributed by atoms with Crippen molar-refractivity contribution in [3.05, 3.63) is 73.8 Å². The van der Waals surface area contributed by atoms with Crippen molar-refractivity contribution >= 4 is 35.0 Å². The minimum absolute atomic E-state index is 0.00405. The summed E-state index contributed by atoms with van der Waals surface area (Å²) in [5, 5.41) is 25.5. The van der Waals surface area contributed by atoms with Crippen molar-refractivity contribution < 1.29 is 19.4 Å². The fourth-order valence-electron chi connectivity index (χ4n) is 4.44. The van der Waals surface area contributed by atoms with Crippen LogP contribution in [0.2, 0.25) is 0 Å². The van der Waals surface area contributed by atoms with Crippen LogP contribution in [0.15, 0.2) is 47.4 Å². The maximum atomic E-state index is 13.6. The first-order valence-corrected chi connectivity index (χ1v) is 12.1. The second-order valence-corrected chi connectivity index (χ2v) is 9.48. The molecule has 10 nitrogen and oxygen atoms in total. The number of carbonyl (C=O) groups is 2. The molecule has 4 rings (SSSR count). The van der Waals surface area contributed by atoms with Gasteiger partial charge in [-0.25, -0.2) is 0 Å². The zero-order chi connectivity index (χ0) is 24.2. The SMILES string of the molecule is O=C(NC1CCCCC1)C1c2cc([N+](=O)[O-])ccc2SCC(=O)N1Cc1ccc([N+](=O)[O-])cc1. The summed E-state index contributed by atoms with van der Waals surface area (Å²) in [7, 11) is 0. The molecule has 1 aliphatic carbocycles. The Balaban J connectivity index is 1.72. The standard InChI is InChI=1S/C23H24N4O6S/c28-21-14-34-20-11-10-18(27(32)33)12-19(20)22(23(29)24-16-4-2-1-3-5-16)25(21)13-15-6-8-17(9-7-15)26(30)31/h6-12,16,22H,1-5,13-14H2,(H,24,29). The lowest BCUT2D eigenvalue weighted by Crippen LogP contribution is -2.46. The van der Waals surface area contributed by atoms with Gasteiger partial charge in [0.15, 0.2) is 0 Å². The molecule has 178 valence electrons. The molecule has 0 bridgehead atoms. The van der Waals surface area contributed by atoms with Crippen molar-refractivity contribution in [2.24, 2.45) is 0 Å². The number of carbonyl (C=O) groups excluding carboxylic acids is 2. The van der Waals surface area contributed by atoms with Crippen molar-refractivity contribution in [3.8, 4) is 0 Å². The van der Waals surface area contributed by atoms with Crippen molar-refractivity contribution in [3.63, 3.8) is 0 Å². The molecule has 0 spiro atoms. The number of non-ortho nitro benzene ring substituents is 2. The Morgan fingerprint density at radius 2 is 1.65 bits per heavy atom. The lowest BCUT2D eigenvalue weighted by molar-refractivity contribution is -0.385. The van der Waals surface area contributed by atoms with E-state index >= 15 is 0 Å². The molecule has 1 unspecified atom stereocenters. The van der Waals surface area contributed by atoms with Gasteiger partial charge in [0.2, 0.25) is 11.8 Å². The normalized spacial score (nSPS) is 18.6. The molecule has 2 aromatic rings. The van der Waals surface area contributed by atoms with E-state index < -0.39 is 15.9 Å². The molecule has 11 heteroatoms. The Morgan fingerprint density at radius 1 is 1.00 bits per heavy atom. The number of benzene rings is 2. The zero-order valence-corrected chi connectivity index (χ0v) is 19.2. The smallest absolute Gasteiger partial charge is 0.269 e. The Bertz CT molecular complexity index is 1120. The van der Waals surface area contributed by atoms with Crippen LogP contribution in [0.25, 0.3) is 0 Å². The van der Waals surface area contributed by atoms with Gasteiger partial charge in [-0.2, -0.15) is 0 Å². The van der Waals surface area contributed by atoms with Gasteiger partial charge in [-0.05, 0) is 24.5 Å². The van der Waals surface area contributed by atoms with Crippen LogP contribution in [0.3, 0.4) is 0 Å². The zero-order valence-electron chi connectivity index (χ0n) is 18.3. The Morgan fingerprint density at radius 3 is 2.29 bits per heavy atom. The number of hydrogen-bond acceptors (Lipinski definition) is 7. The average Bonchev–Trinajstić information content (AvgIpc) is 2.96. The van der Waals surface area contributed by atoms with Crippen LogP contribution in [0.1, 0.15) is 49.3 Å². The largest absolute Gasteiger partial charge is 0.351 e. The number of nitrogens with one attached hydrogen (secondary N) is 1. The summed E-state index contributed by atoms with van der Waals surface area (Å²) in [4.78, 5) is 50.2. The highest BCUT2D eigenvalue weighted by Gasteiger charge is 2.37. The van der Waals surface area contributed by atoms with E-state index in [4.69, 9.17) is 0 Å². The lowest BCUT2D eigenvalue weighted by Gasteiger charge is -2.32. The van der Waals surface area contributed by atoms with E-state index in [1.807, 2.05) is 0 Å². The maximum absolute atomic E-state index is 13.6. The number of nitro groups is 2. The highest BCUT2D eigenvalue weighted by atomic mass is 32.2. The van der Waals surface area contributed by atoms with E-state index in [1.54, 1.807) is 18.2 Å². The fraction of sp³-hybridized carbons (Fsp3) is 0.391. The van der Waals surface area contributed by atoms with Gasteiger partial charge in [0, 0.05) is 47.3 Å². The van der Waals surface area contributed by atoms with E-state index in [0.717, 1.165) is 32.1 Å². The number of amides is 2. The van der Waals surface area contributed by atoms with Crippen molar-refractivity contribution in [1.82, 2.24) is 10.2 Å². The second-order valence-electron chi connectivity index (χ2n) is 8.46. The molecule has 0 aromatic heterocycles. The Hall–Kier alpha value is -3.47. The summed E-state index contributed by atoms with van der Waals surface area (Å²) in [5.74, 6) is -0.581. The highest BCUT2D eigenvalue weighted by Crippen LogP contribution is 2.38. The molecular formula is C23H24N4O6S. The van der Waals surface area contributed by atoms with Crippen LogP contribution in [-0.4, -0.2) is 38.4 Å². The van der Waals surface area contributed by atoms with Gasteiger partial charge in [0.05, 0.1) is 15.6 Å². The number of thioether (sulfide) groups is 1. The number of fused-ring (bicyclic) bond motifs is 1. The minimum atomic E-state index is -1.05. The summed E-state index contributed by atoms with van der Waals surface area (Å²) in [6.07, 6.45) is 4.85. The lowest BCUT2D eigenvalue weighted by atomic mass is 9.94. The molecule has 1 fully saturated rings. The molecule has 1 aliphatic heterocycles. The molecular weight excluding hydrogens is 460 g/mol. The van der Waals surface area contributed by atoms with Gasteiger partial charge < -0.3 is 10.2 Å². The van der Waals surface area contributed by atoms with Gasteiger partial charge in [-0.3, -0.25) is 29.8 Å². The van der Waals surface area contributed by atoms with E-state index in [9.17, 15) is 29.8 Å². The van der Waals surface area contributed by atoms with E-state index in [1.165, 1.54) is 40.9 Å². The summed E-state index contributed by atoms with van der Waals surface area (Å²) in [5.41, 5.74) is 0.807. The average molecular weight is 485 g/mol.